The van der Waals surface area contributed by atoms with Gasteiger partial charge in [-0.2, -0.15) is 5.10 Å². The molecule has 3 aromatic rings. The van der Waals surface area contributed by atoms with E-state index in [0.717, 1.165) is 16.6 Å². The Morgan fingerprint density at radius 1 is 1.27 bits per heavy atom. The molecule has 0 saturated heterocycles. The first-order valence-electron chi connectivity index (χ1n) is 6.68. The molecule has 2 aromatic carbocycles. The predicted octanol–water partition coefficient (Wildman–Crippen LogP) is 3.37. The number of imidazole rings is 1. The number of carbonyl (C=O) groups excluding carboxylic acids is 1. The molecule has 110 valence electrons. The molecular weight excluding hydrogens is 300 g/mol. The summed E-state index contributed by atoms with van der Waals surface area (Å²) in [5.41, 5.74) is 6.09. The number of aromatic amines is 1. The van der Waals surface area contributed by atoms with Crippen molar-refractivity contribution in [3.05, 3.63) is 64.9 Å². The van der Waals surface area contributed by atoms with Crippen molar-refractivity contribution < 1.29 is 4.79 Å². The number of nitrogens with one attached hydrogen (secondary N) is 2. The van der Waals surface area contributed by atoms with E-state index in [-0.39, 0.29) is 5.91 Å². The van der Waals surface area contributed by atoms with Gasteiger partial charge in [-0.1, -0.05) is 29.8 Å². The van der Waals surface area contributed by atoms with Crippen LogP contribution in [0, 0.1) is 0 Å². The van der Waals surface area contributed by atoms with Gasteiger partial charge in [0.15, 0.2) is 0 Å². The molecule has 0 aliphatic carbocycles. The van der Waals surface area contributed by atoms with E-state index >= 15 is 0 Å². The maximum Gasteiger partial charge on any atom is 0.271 e. The van der Waals surface area contributed by atoms with Crippen molar-refractivity contribution in [1.29, 1.82) is 0 Å². The van der Waals surface area contributed by atoms with Gasteiger partial charge in [0.2, 0.25) is 0 Å². The van der Waals surface area contributed by atoms with Gasteiger partial charge in [-0.25, -0.2) is 10.4 Å². The molecule has 0 radical (unpaired) electrons. The zero-order valence-electron chi connectivity index (χ0n) is 11.8. The van der Waals surface area contributed by atoms with Crippen LogP contribution in [0.5, 0.6) is 0 Å². The molecule has 5 nitrogen and oxygen atoms in total. The first-order valence-corrected chi connectivity index (χ1v) is 7.05. The Balaban J connectivity index is 1.79. The number of halogens is 1. The molecule has 0 aliphatic heterocycles. The molecule has 0 spiro atoms. The van der Waals surface area contributed by atoms with Crippen molar-refractivity contribution >= 4 is 34.3 Å². The summed E-state index contributed by atoms with van der Waals surface area (Å²) in [6, 6.07) is 12.6. The topological polar surface area (TPSA) is 70.1 Å². The molecule has 22 heavy (non-hydrogen) atoms. The standard InChI is InChI=1S/C16H13ClN4O/c1-10(12-4-2-3-5-13(12)17)20-21-16(22)11-6-7-14-15(8-11)19-9-18-14/h2-9H,1H3,(H,18,19)(H,21,22)/b20-10+. The van der Waals surface area contributed by atoms with Crippen LogP contribution in [0.15, 0.2) is 53.9 Å². The van der Waals surface area contributed by atoms with Crippen LogP contribution in [0.25, 0.3) is 11.0 Å². The number of benzene rings is 2. The first kappa shape index (κ1) is 14.3. The van der Waals surface area contributed by atoms with Crippen molar-refractivity contribution in [2.24, 2.45) is 5.10 Å². The van der Waals surface area contributed by atoms with Crippen molar-refractivity contribution in [3.8, 4) is 0 Å². The third kappa shape index (κ3) is 2.84. The second-order valence-electron chi connectivity index (χ2n) is 4.75. The zero-order chi connectivity index (χ0) is 15.5. The molecular formula is C16H13ClN4O. The molecule has 2 N–H and O–H groups in total. The van der Waals surface area contributed by atoms with E-state index in [1.165, 1.54) is 0 Å². The monoisotopic (exact) mass is 312 g/mol. The number of hydrogen-bond donors (Lipinski definition) is 2. The Hall–Kier alpha value is -2.66. The summed E-state index contributed by atoms with van der Waals surface area (Å²) in [5.74, 6) is -0.289. The van der Waals surface area contributed by atoms with Gasteiger partial charge in [0.1, 0.15) is 0 Å². The Kier molecular flexibility index (Phi) is 3.89. The fraction of sp³-hybridized carbons (Fsp3) is 0.0625. The second-order valence-corrected chi connectivity index (χ2v) is 5.16. The lowest BCUT2D eigenvalue weighted by Crippen LogP contribution is -2.19. The van der Waals surface area contributed by atoms with Crippen molar-refractivity contribution in [2.45, 2.75) is 6.92 Å². The number of rotatable bonds is 3. The van der Waals surface area contributed by atoms with Crippen LogP contribution in [0.1, 0.15) is 22.8 Å². The number of fused-ring (bicyclic) bond motifs is 1. The number of amides is 1. The number of carbonyl (C=O) groups is 1. The van der Waals surface area contributed by atoms with Crippen molar-refractivity contribution in [1.82, 2.24) is 15.4 Å². The molecule has 1 aromatic heterocycles. The highest BCUT2D eigenvalue weighted by Gasteiger charge is 2.08. The van der Waals surface area contributed by atoms with E-state index in [0.29, 0.717) is 16.3 Å². The Labute approximate surface area is 132 Å². The minimum atomic E-state index is -0.289. The molecule has 3 rings (SSSR count). The van der Waals surface area contributed by atoms with E-state index in [1.54, 1.807) is 37.5 Å². The minimum absolute atomic E-state index is 0.289. The molecule has 0 saturated carbocycles. The second kappa shape index (κ2) is 5.99. The fourth-order valence-corrected chi connectivity index (χ4v) is 2.36. The summed E-state index contributed by atoms with van der Waals surface area (Å²) in [5, 5.41) is 4.70. The Morgan fingerprint density at radius 3 is 2.91 bits per heavy atom. The minimum Gasteiger partial charge on any atom is -0.345 e. The van der Waals surface area contributed by atoms with Gasteiger partial charge < -0.3 is 4.98 Å². The summed E-state index contributed by atoms with van der Waals surface area (Å²) in [4.78, 5) is 19.2. The summed E-state index contributed by atoms with van der Waals surface area (Å²) in [6.45, 7) is 1.79. The van der Waals surface area contributed by atoms with E-state index in [2.05, 4.69) is 20.5 Å². The maximum absolute atomic E-state index is 12.1. The summed E-state index contributed by atoms with van der Waals surface area (Å²) >= 11 is 6.10. The van der Waals surface area contributed by atoms with Crippen LogP contribution in [0.2, 0.25) is 5.02 Å². The van der Waals surface area contributed by atoms with E-state index in [9.17, 15) is 4.79 Å². The number of H-pyrrole nitrogens is 1. The molecule has 0 unspecified atom stereocenters. The van der Waals surface area contributed by atoms with Gasteiger partial charge in [-0.15, -0.1) is 0 Å². The van der Waals surface area contributed by atoms with Crippen LogP contribution < -0.4 is 5.43 Å². The van der Waals surface area contributed by atoms with Crippen LogP contribution in [0.4, 0.5) is 0 Å². The Morgan fingerprint density at radius 2 is 2.09 bits per heavy atom. The number of hydrogen-bond acceptors (Lipinski definition) is 3. The van der Waals surface area contributed by atoms with Gasteiger partial charge in [-0.3, -0.25) is 4.79 Å². The number of aromatic nitrogens is 2. The van der Waals surface area contributed by atoms with Gasteiger partial charge in [0, 0.05) is 16.1 Å². The van der Waals surface area contributed by atoms with Gasteiger partial charge in [-0.05, 0) is 31.2 Å². The van der Waals surface area contributed by atoms with Crippen LogP contribution in [-0.2, 0) is 0 Å². The van der Waals surface area contributed by atoms with Crippen molar-refractivity contribution in [2.75, 3.05) is 0 Å². The molecule has 0 atom stereocenters. The maximum atomic E-state index is 12.1. The average Bonchev–Trinajstić information content (AvgIpc) is 3.00. The lowest BCUT2D eigenvalue weighted by molar-refractivity contribution is 0.0955. The van der Waals surface area contributed by atoms with Crippen molar-refractivity contribution in [3.63, 3.8) is 0 Å². The quantitative estimate of drug-likeness (QED) is 0.575. The molecule has 0 fully saturated rings. The highest BCUT2D eigenvalue weighted by atomic mass is 35.5. The number of nitrogens with zero attached hydrogens (tertiary/aromatic N) is 2. The van der Waals surface area contributed by atoms with E-state index in [4.69, 9.17) is 11.6 Å². The first-order chi connectivity index (χ1) is 10.6. The third-order valence-corrected chi connectivity index (χ3v) is 3.60. The summed E-state index contributed by atoms with van der Waals surface area (Å²) < 4.78 is 0. The smallest absolute Gasteiger partial charge is 0.271 e. The lowest BCUT2D eigenvalue weighted by Gasteiger charge is -2.04. The van der Waals surface area contributed by atoms with Crippen LogP contribution in [-0.4, -0.2) is 21.6 Å². The highest BCUT2D eigenvalue weighted by molar-refractivity contribution is 6.34. The van der Waals surface area contributed by atoms with Gasteiger partial charge >= 0.3 is 0 Å². The van der Waals surface area contributed by atoms with Crippen LogP contribution in [0.3, 0.4) is 0 Å². The SMILES string of the molecule is C/C(=N\NC(=O)c1ccc2nc[nH]c2c1)c1ccccc1Cl. The fourth-order valence-electron chi connectivity index (χ4n) is 2.09. The largest absolute Gasteiger partial charge is 0.345 e. The normalized spacial score (nSPS) is 11.6. The van der Waals surface area contributed by atoms with Crippen LogP contribution >= 0.6 is 11.6 Å². The average molecular weight is 313 g/mol. The van der Waals surface area contributed by atoms with Gasteiger partial charge in [0.25, 0.3) is 5.91 Å². The Bertz CT molecular complexity index is 869. The zero-order valence-corrected chi connectivity index (χ0v) is 12.6. The highest BCUT2D eigenvalue weighted by Crippen LogP contribution is 2.16. The molecule has 1 heterocycles. The van der Waals surface area contributed by atoms with E-state index < -0.39 is 0 Å². The van der Waals surface area contributed by atoms with E-state index in [1.807, 2.05) is 18.2 Å². The summed E-state index contributed by atoms with van der Waals surface area (Å²) in [7, 11) is 0. The molecule has 0 aliphatic rings. The third-order valence-electron chi connectivity index (χ3n) is 3.27. The number of hydrazone groups is 1. The lowest BCUT2D eigenvalue weighted by atomic mass is 10.1. The molecule has 1 amide bonds. The molecule has 6 heteroatoms. The predicted molar refractivity (Wildman–Crippen MR) is 87.2 cm³/mol. The molecule has 0 bridgehead atoms. The van der Waals surface area contributed by atoms with Gasteiger partial charge in [0.05, 0.1) is 23.1 Å². The summed E-state index contributed by atoms with van der Waals surface area (Å²) in [6.07, 6.45) is 1.59.